The predicted molar refractivity (Wildman–Crippen MR) is 121 cm³/mol. The number of nitro benzene ring substituents is 1. The van der Waals surface area contributed by atoms with Gasteiger partial charge in [-0.1, -0.05) is 23.7 Å². The molecule has 0 aromatic heterocycles. The number of ether oxygens (including phenoxy) is 1. The molecule has 3 rings (SSSR count). The van der Waals surface area contributed by atoms with Gasteiger partial charge >= 0.3 is 5.69 Å². The van der Waals surface area contributed by atoms with Crippen molar-refractivity contribution in [2.75, 3.05) is 19.4 Å². The number of rotatable bonds is 7. The number of nitrogens with zero attached hydrogens (tertiary/aromatic N) is 2. The Labute approximate surface area is 189 Å². The first-order valence-electron chi connectivity index (χ1n) is 9.55. The first kappa shape index (κ1) is 22.8. The first-order valence-corrected chi connectivity index (χ1v) is 9.93. The maximum absolute atomic E-state index is 12.5. The van der Waals surface area contributed by atoms with Crippen molar-refractivity contribution in [3.05, 3.63) is 93.0 Å². The van der Waals surface area contributed by atoms with E-state index in [-0.39, 0.29) is 34.7 Å². The molecule has 0 unspecified atom stereocenters. The Morgan fingerprint density at radius 1 is 1.03 bits per heavy atom. The number of carbonyl (C=O) groups is 2. The van der Waals surface area contributed by atoms with Crippen LogP contribution in [0.25, 0.3) is 0 Å². The number of amides is 2. The lowest BCUT2D eigenvalue weighted by atomic mass is 10.1. The number of nitro groups is 1. The highest BCUT2D eigenvalue weighted by Gasteiger charge is 2.17. The summed E-state index contributed by atoms with van der Waals surface area (Å²) in [5.41, 5.74) is 1.57. The van der Waals surface area contributed by atoms with Crippen molar-refractivity contribution < 1.29 is 19.2 Å². The predicted octanol–water partition coefficient (Wildman–Crippen LogP) is 4.92. The van der Waals surface area contributed by atoms with E-state index in [0.29, 0.717) is 17.0 Å². The number of likely N-dealkylation sites (N-methyl/N-ethyl adjacent to an activating group) is 1. The Balaban J connectivity index is 1.64. The molecule has 9 heteroatoms. The normalized spacial score (nSPS) is 10.3. The lowest BCUT2D eigenvalue weighted by Crippen LogP contribution is -2.23. The van der Waals surface area contributed by atoms with E-state index < -0.39 is 4.92 Å². The molecule has 0 aliphatic carbocycles. The largest absolute Gasteiger partial charge is 0.450 e. The minimum atomic E-state index is -0.579. The van der Waals surface area contributed by atoms with Crippen LogP contribution in [0.15, 0.2) is 66.7 Å². The van der Waals surface area contributed by atoms with Crippen molar-refractivity contribution in [3.8, 4) is 11.5 Å². The van der Waals surface area contributed by atoms with Crippen molar-refractivity contribution in [1.82, 2.24) is 4.90 Å². The molecule has 2 amide bonds. The molecule has 0 heterocycles. The van der Waals surface area contributed by atoms with E-state index >= 15 is 0 Å². The number of hydrogen-bond acceptors (Lipinski definition) is 5. The van der Waals surface area contributed by atoms with E-state index in [1.807, 2.05) is 0 Å². The summed E-state index contributed by atoms with van der Waals surface area (Å²) in [6.07, 6.45) is 0.286. The molecule has 0 saturated heterocycles. The van der Waals surface area contributed by atoms with Gasteiger partial charge in [0.15, 0.2) is 0 Å². The molecule has 3 aromatic rings. The molecule has 0 fully saturated rings. The molecule has 8 nitrogen and oxygen atoms in total. The number of anilines is 1. The molecule has 0 aliphatic rings. The number of carbonyl (C=O) groups excluding carboxylic acids is 2. The fraction of sp³-hybridized carbons (Fsp3) is 0.130. The molecule has 32 heavy (non-hydrogen) atoms. The summed E-state index contributed by atoms with van der Waals surface area (Å²) < 4.78 is 5.58. The monoisotopic (exact) mass is 453 g/mol. The van der Waals surface area contributed by atoms with Crippen molar-refractivity contribution in [1.29, 1.82) is 0 Å². The quantitative estimate of drug-likeness (QED) is 0.404. The van der Waals surface area contributed by atoms with Crippen LogP contribution in [0.1, 0.15) is 15.9 Å². The number of hydrogen-bond donors (Lipinski definition) is 1. The Kier molecular flexibility index (Phi) is 7.07. The summed E-state index contributed by atoms with van der Waals surface area (Å²) in [5.74, 6) is 0.0468. The Bertz CT molecular complexity index is 1150. The van der Waals surface area contributed by atoms with Gasteiger partial charge in [0.25, 0.3) is 5.91 Å². The van der Waals surface area contributed by atoms with E-state index in [0.717, 1.165) is 5.56 Å². The highest BCUT2D eigenvalue weighted by molar-refractivity contribution is 6.30. The minimum absolute atomic E-state index is 0.00646. The summed E-state index contributed by atoms with van der Waals surface area (Å²) in [5, 5.41) is 14.2. The van der Waals surface area contributed by atoms with Crippen LogP contribution in [0.5, 0.6) is 11.5 Å². The lowest BCUT2D eigenvalue weighted by Gasteiger charge is -2.11. The molecular formula is C23H20ClN3O5. The average molecular weight is 454 g/mol. The van der Waals surface area contributed by atoms with E-state index in [4.69, 9.17) is 16.3 Å². The second-order valence-electron chi connectivity index (χ2n) is 7.11. The maximum Gasteiger partial charge on any atom is 0.313 e. The van der Waals surface area contributed by atoms with Crippen LogP contribution in [0, 0.1) is 10.1 Å². The molecule has 1 N–H and O–H groups in total. The maximum atomic E-state index is 12.5. The van der Waals surface area contributed by atoms with E-state index in [1.54, 1.807) is 62.6 Å². The van der Waals surface area contributed by atoms with Gasteiger partial charge in [-0.05, 0) is 54.1 Å². The molecule has 0 atom stereocenters. The summed E-state index contributed by atoms with van der Waals surface area (Å²) in [6.45, 7) is 0. The standard InChI is InChI=1S/C23H20ClN3O5/c1-26(2)22(28)13-15-3-8-18(9-4-15)25-23(29)16-5-10-19(11-6-16)32-21-12-7-17(24)14-20(21)27(30)31/h3-12,14H,13H2,1-2H3,(H,25,29). The lowest BCUT2D eigenvalue weighted by molar-refractivity contribution is -0.385. The van der Waals surface area contributed by atoms with Gasteiger partial charge in [-0.15, -0.1) is 0 Å². The first-order chi connectivity index (χ1) is 15.2. The van der Waals surface area contributed by atoms with Crippen LogP contribution in [-0.4, -0.2) is 35.7 Å². The molecular weight excluding hydrogens is 434 g/mol. The molecule has 3 aromatic carbocycles. The van der Waals surface area contributed by atoms with Crippen molar-refractivity contribution >= 4 is 34.8 Å². The van der Waals surface area contributed by atoms with E-state index in [1.165, 1.54) is 23.1 Å². The average Bonchev–Trinajstić information content (AvgIpc) is 2.76. The van der Waals surface area contributed by atoms with Crippen LogP contribution in [-0.2, 0) is 11.2 Å². The molecule has 0 saturated carbocycles. The smallest absolute Gasteiger partial charge is 0.313 e. The van der Waals surface area contributed by atoms with Gasteiger partial charge in [0.1, 0.15) is 5.75 Å². The Hall–Kier alpha value is -3.91. The molecule has 164 valence electrons. The summed E-state index contributed by atoms with van der Waals surface area (Å²) in [7, 11) is 3.40. The van der Waals surface area contributed by atoms with Gasteiger partial charge in [-0.25, -0.2) is 0 Å². The van der Waals surface area contributed by atoms with Crippen LogP contribution >= 0.6 is 11.6 Å². The van der Waals surface area contributed by atoms with Gasteiger partial charge < -0.3 is 15.0 Å². The van der Waals surface area contributed by atoms with Gasteiger partial charge in [0.2, 0.25) is 11.7 Å². The second kappa shape index (κ2) is 9.93. The third-order valence-corrected chi connectivity index (χ3v) is 4.76. The number of nitrogens with one attached hydrogen (secondary N) is 1. The fourth-order valence-corrected chi connectivity index (χ4v) is 2.93. The topological polar surface area (TPSA) is 102 Å². The summed E-state index contributed by atoms with van der Waals surface area (Å²) in [4.78, 5) is 36.4. The van der Waals surface area contributed by atoms with Crippen LogP contribution in [0.4, 0.5) is 11.4 Å². The zero-order chi connectivity index (χ0) is 23.3. The van der Waals surface area contributed by atoms with E-state index in [2.05, 4.69) is 5.32 Å². The van der Waals surface area contributed by atoms with Crippen molar-refractivity contribution in [2.24, 2.45) is 0 Å². The SMILES string of the molecule is CN(C)C(=O)Cc1ccc(NC(=O)c2ccc(Oc3ccc(Cl)cc3[N+](=O)[O-])cc2)cc1. The van der Waals surface area contributed by atoms with Crippen molar-refractivity contribution in [3.63, 3.8) is 0 Å². The van der Waals surface area contributed by atoms with Gasteiger partial charge in [-0.3, -0.25) is 19.7 Å². The summed E-state index contributed by atoms with van der Waals surface area (Å²) in [6, 6.07) is 17.3. The highest BCUT2D eigenvalue weighted by atomic mass is 35.5. The summed E-state index contributed by atoms with van der Waals surface area (Å²) >= 11 is 5.81. The Morgan fingerprint density at radius 3 is 2.28 bits per heavy atom. The van der Waals surface area contributed by atoms with Crippen molar-refractivity contribution in [2.45, 2.75) is 6.42 Å². The highest BCUT2D eigenvalue weighted by Crippen LogP contribution is 2.33. The zero-order valence-corrected chi connectivity index (χ0v) is 18.1. The molecule has 0 spiro atoms. The second-order valence-corrected chi connectivity index (χ2v) is 7.55. The molecule has 0 bridgehead atoms. The molecule has 0 aliphatic heterocycles. The van der Waals surface area contributed by atoms with Crippen LogP contribution in [0.2, 0.25) is 5.02 Å². The minimum Gasteiger partial charge on any atom is -0.450 e. The third kappa shape index (κ3) is 5.83. The zero-order valence-electron chi connectivity index (χ0n) is 17.4. The Morgan fingerprint density at radius 2 is 1.69 bits per heavy atom. The van der Waals surface area contributed by atoms with Crippen LogP contribution in [0.3, 0.4) is 0 Å². The molecule has 0 radical (unpaired) electrons. The van der Waals surface area contributed by atoms with Gasteiger partial charge in [-0.2, -0.15) is 0 Å². The van der Waals surface area contributed by atoms with Gasteiger partial charge in [0.05, 0.1) is 11.3 Å². The third-order valence-electron chi connectivity index (χ3n) is 4.53. The van der Waals surface area contributed by atoms with Gasteiger partial charge in [0, 0.05) is 36.4 Å². The number of benzene rings is 3. The van der Waals surface area contributed by atoms with E-state index in [9.17, 15) is 19.7 Å². The van der Waals surface area contributed by atoms with Crippen LogP contribution < -0.4 is 10.1 Å². The fourth-order valence-electron chi connectivity index (χ4n) is 2.76. The number of halogens is 1.